The van der Waals surface area contributed by atoms with Crippen LogP contribution in [0, 0.1) is 0 Å². The lowest BCUT2D eigenvalue weighted by Gasteiger charge is -2.32. The molecule has 0 aromatic rings. The van der Waals surface area contributed by atoms with E-state index in [1.807, 2.05) is 7.05 Å². The quantitative estimate of drug-likeness (QED) is 0.461. The van der Waals surface area contributed by atoms with Gasteiger partial charge in [0.05, 0.1) is 6.10 Å². The number of rotatable bonds is 0. The van der Waals surface area contributed by atoms with E-state index in [1.165, 1.54) is 0 Å². The average molecular weight is 131 g/mol. The summed E-state index contributed by atoms with van der Waals surface area (Å²) in [5.41, 5.74) is 0. The van der Waals surface area contributed by atoms with E-state index in [-0.39, 0.29) is 0 Å². The van der Waals surface area contributed by atoms with Gasteiger partial charge >= 0.3 is 0 Å². The molecule has 3 nitrogen and oxygen atoms in total. The molecule has 9 heavy (non-hydrogen) atoms. The minimum absolute atomic E-state index is 0.538. The zero-order valence-electron chi connectivity index (χ0n) is 5.62. The van der Waals surface area contributed by atoms with Crippen LogP contribution in [0.15, 0.2) is 0 Å². The van der Waals surface area contributed by atoms with Crippen LogP contribution in [0.3, 0.4) is 0 Å². The molecule has 2 atom stereocenters. The molecule has 1 heterocycles. The Morgan fingerprint density at radius 2 is 2.11 bits per heavy atom. The van der Waals surface area contributed by atoms with Crippen molar-refractivity contribution in [2.24, 2.45) is 0 Å². The van der Waals surface area contributed by atoms with Gasteiger partial charge in [0.1, 0.15) is 6.23 Å². The molecule has 1 saturated heterocycles. The third kappa shape index (κ3) is 1.41. The van der Waals surface area contributed by atoms with Crippen LogP contribution in [0.4, 0.5) is 0 Å². The zero-order chi connectivity index (χ0) is 6.85. The predicted octanol–water partition coefficient (Wildman–Crippen LogP) is -0.609. The first-order valence-corrected chi connectivity index (χ1v) is 3.28. The van der Waals surface area contributed by atoms with Gasteiger partial charge in [0.2, 0.25) is 0 Å². The predicted molar refractivity (Wildman–Crippen MR) is 33.9 cm³/mol. The maximum Gasteiger partial charge on any atom is 0.133 e. The fraction of sp³-hybridized carbons (Fsp3) is 1.00. The van der Waals surface area contributed by atoms with Crippen molar-refractivity contribution < 1.29 is 10.2 Å². The van der Waals surface area contributed by atoms with E-state index in [2.05, 4.69) is 0 Å². The van der Waals surface area contributed by atoms with Crippen molar-refractivity contribution >= 4 is 0 Å². The van der Waals surface area contributed by atoms with Crippen molar-refractivity contribution in [2.75, 3.05) is 13.6 Å². The monoisotopic (exact) mass is 131 g/mol. The third-order valence-electron chi connectivity index (χ3n) is 1.81. The minimum atomic E-state index is -0.640. The second-order valence-corrected chi connectivity index (χ2v) is 2.60. The molecule has 1 rings (SSSR count). The lowest BCUT2D eigenvalue weighted by Crippen LogP contribution is -2.45. The van der Waals surface area contributed by atoms with Crippen molar-refractivity contribution in [1.29, 1.82) is 0 Å². The number of hydrogen-bond donors (Lipinski definition) is 2. The first kappa shape index (κ1) is 6.99. The van der Waals surface area contributed by atoms with E-state index in [0.717, 1.165) is 19.4 Å². The molecular weight excluding hydrogens is 118 g/mol. The standard InChI is InChI=1S/C6H13NO2/c1-7-4-2-3-5(8)6(7)9/h5-6,8-9H,2-4H2,1H3/t5-,6?/m1/s1. The number of likely N-dealkylation sites (N-methyl/N-ethyl adjacent to an activating group) is 1. The largest absolute Gasteiger partial charge is 0.389 e. The summed E-state index contributed by atoms with van der Waals surface area (Å²) in [4.78, 5) is 1.76. The first-order valence-electron chi connectivity index (χ1n) is 3.28. The summed E-state index contributed by atoms with van der Waals surface area (Å²) in [6, 6.07) is 0. The van der Waals surface area contributed by atoms with Gasteiger partial charge < -0.3 is 10.2 Å². The second kappa shape index (κ2) is 2.64. The Balaban J connectivity index is 2.41. The summed E-state index contributed by atoms with van der Waals surface area (Å²) in [5.74, 6) is 0. The normalized spacial score (nSPS) is 39.0. The summed E-state index contributed by atoms with van der Waals surface area (Å²) < 4.78 is 0. The van der Waals surface area contributed by atoms with Crippen molar-refractivity contribution in [3.05, 3.63) is 0 Å². The molecule has 1 aliphatic rings. The summed E-state index contributed by atoms with van der Waals surface area (Å²) in [7, 11) is 1.81. The molecule has 0 aromatic carbocycles. The highest BCUT2D eigenvalue weighted by molar-refractivity contribution is 4.72. The molecule has 0 spiro atoms. The maximum atomic E-state index is 9.12. The molecule has 0 radical (unpaired) electrons. The molecule has 2 N–H and O–H groups in total. The Labute approximate surface area is 54.9 Å². The lowest BCUT2D eigenvalue weighted by molar-refractivity contribution is -0.0960. The second-order valence-electron chi connectivity index (χ2n) is 2.60. The Kier molecular flexibility index (Phi) is 2.05. The number of hydrogen-bond acceptors (Lipinski definition) is 3. The molecule has 0 aromatic heterocycles. The van der Waals surface area contributed by atoms with Crippen molar-refractivity contribution in [1.82, 2.24) is 4.90 Å². The van der Waals surface area contributed by atoms with Crippen molar-refractivity contribution in [3.63, 3.8) is 0 Å². The fourth-order valence-electron chi connectivity index (χ4n) is 1.12. The Hall–Kier alpha value is -0.120. The SMILES string of the molecule is CN1CCC[C@@H](O)C1O. The number of likely N-dealkylation sites (tertiary alicyclic amines) is 1. The molecule has 1 unspecified atom stereocenters. The Morgan fingerprint density at radius 1 is 1.44 bits per heavy atom. The van der Waals surface area contributed by atoms with Gasteiger partial charge in [0, 0.05) is 6.54 Å². The molecule has 1 aliphatic heterocycles. The van der Waals surface area contributed by atoms with E-state index in [0.29, 0.717) is 0 Å². The first-order chi connectivity index (χ1) is 4.22. The summed E-state index contributed by atoms with van der Waals surface area (Å²) in [6.07, 6.45) is 0.530. The third-order valence-corrected chi connectivity index (χ3v) is 1.81. The van der Waals surface area contributed by atoms with Gasteiger partial charge in [-0.05, 0) is 19.9 Å². The number of nitrogens with zero attached hydrogens (tertiary/aromatic N) is 1. The summed E-state index contributed by atoms with van der Waals surface area (Å²) in [6.45, 7) is 0.887. The van der Waals surface area contributed by atoms with E-state index in [1.54, 1.807) is 4.90 Å². The van der Waals surface area contributed by atoms with Gasteiger partial charge in [-0.15, -0.1) is 0 Å². The molecule has 3 heteroatoms. The molecule has 54 valence electrons. The van der Waals surface area contributed by atoms with Gasteiger partial charge in [-0.2, -0.15) is 0 Å². The topological polar surface area (TPSA) is 43.7 Å². The molecular formula is C6H13NO2. The van der Waals surface area contributed by atoms with Crippen LogP contribution in [0.25, 0.3) is 0 Å². The molecule has 1 fully saturated rings. The highest BCUT2D eigenvalue weighted by Gasteiger charge is 2.24. The summed E-state index contributed by atoms with van der Waals surface area (Å²) >= 11 is 0. The van der Waals surface area contributed by atoms with E-state index < -0.39 is 12.3 Å². The number of piperidine rings is 1. The average Bonchev–Trinajstić information content (AvgIpc) is 1.83. The molecule has 0 saturated carbocycles. The van der Waals surface area contributed by atoms with Crippen molar-refractivity contribution in [2.45, 2.75) is 25.2 Å². The Morgan fingerprint density at radius 3 is 2.56 bits per heavy atom. The van der Waals surface area contributed by atoms with Crippen LogP contribution >= 0.6 is 0 Å². The minimum Gasteiger partial charge on any atom is -0.389 e. The van der Waals surface area contributed by atoms with E-state index in [4.69, 9.17) is 10.2 Å². The smallest absolute Gasteiger partial charge is 0.133 e. The van der Waals surface area contributed by atoms with Crippen LogP contribution in [-0.4, -0.2) is 41.0 Å². The van der Waals surface area contributed by atoms with E-state index >= 15 is 0 Å². The summed E-state index contributed by atoms with van der Waals surface area (Å²) in [5, 5.41) is 18.2. The highest BCUT2D eigenvalue weighted by Crippen LogP contribution is 2.12. The fourth-order valence-corrected chi connectivity index (χ4v) is 1.12. The van der Waals surface area contributed by atoms with Gasteiger partial charge in [-0.3, -0.25) is 4.90 Å². The van der Waals surface area contributed by atoms with Gasteiger partial charge in [-0.25, -0.2) is 0 Å². The molecule has 0 bridgehead atoms. The van der Waals surface area contributed by atoms with E-state index in [9.17, 15) is 0 Å². The molecule has 0 aliphatic carbocycles. The highest BCUT2D eigenvalue weighted by atomic mass is 16.3. The lowest BCUT2D eigenvalue weighted by atomic mass is 10.1. The van der Waals surface area contributed by atoms with Crippen LogP contribution < -0.4 is 0 Å². The molecule has 0 amide bonds. The number of aliphatic hydroxyl groups is 2. The van der Waals surface area contributed by atoms with Gasteiger partial charge in [-0.1, -0.05) is 0 Å². The van der Waals surface area contributed by atoms with Crippen molar-refractivity contribution in [3.8, 4) is 0 Å². The zero-order valence-corrected chi connectivity index (χ0v) is 5.62. The van der Waals surface area contributed by atoms with Crippen LogP contribution in [0.2, 0.25) is 0 Å². The van der Waals surface area contributed by atoms with Crippen LogP contribution in [0.5, 0.6) is 0 Å². The Bertz CT molecular complexity index is 87.1. The van der Waals surface area contributed by atoms with Gasteiger partial charge in [0.25, 0.3) is 0 Å². The van der Waals surface area contributed by atoms with Gasteiger partial charge in [0.15, 0.2) is 0 Å². The van der Waals surface area contributed by atoms with Crippen LogP contribution in [-0.2, 0) is 0 Å². The maximum absolute atomic E-state index is 9.12. The number of aliphatic hydroxyl groups excluding tert-OH is 2. The van der Waals surface area contributed by atoms with Crippen LogP contribution in [0.1, 0.15) is 12.8 Å².